The summed E-state index contributed by atoms with van der Waals surface area (Å²) in [6.45, 7) is 10.5. The van der Waals surface area contributed by atoms with Gasteiger partial charge in [-0.25, -0.2) is 9.59 Å². The minimum atomic E-state index is -1.40. The number of hydrogen-bond donors (Lipinski definition) is 0. The van der Waals surface area contributed by atoms with Gasteiger partial charge in [-0.05, 0) is 53.2 Å². The summed E-state index contributed by atoms with van der Waals surface area (Å²) in [5, 5.41) is 7.38. The smallest absolute Gasteiger partial charge is 0.339 e. The molecular formula is C30H34N2O5SSi. The van der Waals surface area contributed by atoms with Crippen LogP contribution in [0, 0.1) is 0 Å². The number of carbonyl (C=O) groups is 2. The van der Waals surface area contributed by atoms with Crippen LogP contribution < -0.4 is 4.74 Å². The monoisotopic (exact) mass is 562 g/mol. The van der Waals surface area contributed by atoms with E-state index in [4.69, 9.17) is 14.2 Å². The number of fused-ring (bicyclic) bond motifs is 4. The van der Waals surface area contributed by atoms with Gasteiger partial charge in [-0.15, -0.1) is 11.3 Å². The van der Waals surface area contributed by atoms with Crippen molar-refractivity contribution < 1.29 is 23.8 Å². The van der Waals surface area contributed by atoms with Gasteiger partial charge >= 0.3 is 11.9 Å². The van der Waals surface area contributed by atoms with Crippen molar-refractivity contribution in [2.75, 3.05) is 20.3 Å². The van der Waals surface area contributed by atoms with Crippen molar-refractivity contribution in [2.45, 2.75) is 52.0 Å². The maximum atomic E-state index is 13.7. The van der Waals surface area contributed by atoms with E-state index in [1.165, 1.54) is 12.7 Å². The van der Waals surface area contributed by atoms with Gasteiger partial charge in [0.1, 0.15) is 5.75 Å². The molecule has 0 saturated carbocycles. The Balaban J connectivity index is 1.71. The summed E-state index contributed by atoms with van der Waals surface area (Å²) in [7, 11) is -0.0344. The Hall–Kier alpha value is -3.43. The standard InChI is InChI=1S/C30H34N2O5SSi/c1-6-11-32-18-24-25(31-32)8-7-20(27(24)30(34)35-2)21-17-26-23(28-19(9-12-36-26)10-14-38-28)16-22(21)29(33)37-13-15-39(3,4)5/h7-8,10,14,16-18H,6,9,11-13,15H2,1-5H3. The third-order valence-corrected chi connectivity index (χ3v) is 9.61. The van der Waals surface area contributed by atoms with Crippen molar-refractivity contribution >= 4 is 42.3 Å². The molecule has 0 saturated heterocycles. The first-order chi connectivity index (χ1) is 18.7. The number of methoxy groups -OCH3 is 1. The molecule has 3 heterocycles. The lowest BCUT2D eigenvalue weighted by Crippen LogP contribution is -2.23. The van der Waals surface area contributed by atoms with Gasteiger partial charge in [0.05, 0.1) is 37.0 Å². The molecule has 2 aromatic heterocycles. The minimum Gasteiger partial charge on any atom is -0.493 e. The molecule has 2 aromatic carbocycles. The van der Waals surface area contributed by atoms with Crippen molar-refractivity contribution in [3.05, 3.63) is 58.6 Å². The first-order valence-electron chi connectivity index (χ1n) is 13.3. The topological polar surface area (TPSA) is 79.7 Å². The van der Waals surface area contributed by atoms with Gasteiger partial charge in [0.2, 0.25) is 0 Å². The molecule has 0 fully saturated rings. The molecular weight excluding hydrogens is 528 g/mol. The van der Waals surface area contributed by atoms with Gasteiger partial charge in [-0.3, -0.25) is 4.68 Å². The summed E-state index contributed by atoms with van der Waals surface area (Å²) < 4.78 is 19.1. The number of aryl methyl sites for hydroxylation is 1. The average Bonchev–Trinajstić information content (AvgIpc) is 3.49. The molecule has 9 heteroatoms. The fraction of sp³-hybridized carbons (Fsp3) is 0.367. The van der Waals surface area contributed by atoms with E-state index in [0.29, 0.717) is 52.1 Å². The van der Waals surface area contributed by atoms with Gasteiger partial charge in [0.15, 0.2) is 0 Å². The van der Waals surface area contributed by atoms with E-state index in [9.17, 15) is 9.59 Å². The molecule has 0 aliphatic carbocycles. The largest absolute Gasteiger partial charge is 0.493 e. The zero-order valence-corrected chi connectivity index (χ0v) is 24.9. The molecule has 5 rings (SSSR count). The molecule has 0 radical (unpaired) electrons. The highest BCUT2D eigenvalue weighted by molar-refractivity contribution is 7.13. The second-order valence-corrected chi connectivity index (χ2v) is 17.6. The lowest BCUT2D eigenvalue weighted by molar-refractivity contribution is 0.0524. The van der Waals surface area contributed by atoms with E-state index in [2.05, 4.69) is 43.1 Å². The molecule has 204 valence electrons. The third-order valence-electron chi connectivity index (χ3n) is 6.91. The lowest BCUT2D eigenvalue weighted by Gasteiger charge is -2.18. The van der Waals surface area contributed by atoms with Crippen LogP contribution >= 0.6 is 11.3 Å². The maximum absolute atomic E-state index is 13.7. The van der Waals surface area contributed by atoms with Gasteiger partial charge < -0.3 is 14.2 Å². The number of hydrogen-bond acceptors (Lipinski definition) is 7. The van der Waals surface area contributed by atoms with Crippen LogP contribution in [-0.2, 0) is 22.4 Å². The summed E-state index contributed by atoms with van der Waals surface area (Å²) in [5.74, 6) is -0.213. The normalized spacial score (nSPS) is 12.8. The van der Waals surface area contributed by atoms with Crippen LogP contribution in [0.4, 0.5) is 0 Å². The van der Waals surface area contributed by atoms with Gasteiger partial charge in [-0.2, -0.15) is 5.10 Å². The molecule has 39 heavy (non-hydrogen) atoms. The van der Waals surface area contributed by atoms with Gasteiger partial charge in [0, 0.05) is 48.6 Å². The second kappa shape index (κ2) is 11.0. The number of aromatic nitrogens is 2. The SMILES string of the molecule is CCCn1cc2c(C(=O)OC)c(-c3cc4c(cc3C(=O)OCC[Si](C)(C)C)-c3sccc3CCO4)ccc2n1. The molecule has 7 nitrogen and oxygen atoms in total. The van der Waals surface area contributed by atoms with Crippen LogP contribution in [0.5, 0.6) is 5.75 Å². The Bertz CT molecular complexity index is 1550. The Morgan fingerprint density at radius 1 is 1.10 bits per heavy atom. The summed E-state index contributed by atoms with van der Waals surface area (Å²) in [5.41, 5.74) is 4.71. The van der Waals surface area contributed by atoms with Crippen LogP contribution in [0.15, 0.2) is 41.9 Å². The predicted octanol–water partition coefficient (Wildman–Crippen LogP) is 7.06. The van der Waals surface area contributed by atoms with E-state index >= 15 is 0 Å². The van der Waals surface area contributed by atoms with E-state index in [1.54, 1.807) is 11.3 Å². The van der Waals surface area contributed by atoms with E-state index in [-0.39, 0.29) is 0 Å². The molecule has 1 aliphatic rings. The Morgan fingerprint density at radius 3 is 2.67 bits per heavy atom. The summed E-state index contributed by atoms with van der Waals surface area (Å²) in [6, 6.07) is 10.4. The van der Waals surface area contributed by atoms with Crippen molar-refractivity contribution in [2.24, 2.45) is 0 Å². The number of carbonyl (C=O) groups excluding carboxylic acids is 2. The van der Waals surface area contributed by atoms with Crippen molar-refractivity contribution in [1.29, 1.82) is 0 Å². The molecule has 4 aromatic rings. The molecule has 0 unspecified atom stereocenters. The molecule has 0 amide bonds. The number of ether oxygens (including phenoxy) is 3. The molecule has 0 bridgehead atoms. The van der Waals surface area contributed by atoms with Crippen LogP contribution in [0.2, 0.25) is 25.7 Å². The lowest BCUT2D eigenvalue weighted by atomic mass is 9.91. The predicted molar refractivity (Wildman–Crippen MR) is 158 cm³/mol. The van der Waals surface area contributed by atoms with Crippen molar-refractivity contribution in [1.82, 2.24) is 9.78 Å². The highest BCUT2D eigenvalue weighted by Crippen LogP contribution is 2.44. The van der Waals surface area contributed by atoms with Crippen LogP contribution in [0.1, 0.15) is 39.6 Å². The number of thiophene rings is 1. The summed E-state index contributed by atoms with van der Waals surface area (Å²) in [6.07, 6.45) is 3.57. The zero-order chi connectivity index (χ0) is 27.7. The summed E-state index contributed by atoms with van der Waals surface area (Å²) in [4.78, 5) is 28.0. The number of rotatable bonds is 8. The fourth-order valence-corrected chi connectivity index (χ4v) is 6.56. The Kier molecular flexibility index (Phi) is 7.64. The number of benzene rings is 2. The summed E-state index contributed by atoms with van der Waals surface area (Å²) >= 11 is 1.63. The molecule has 0 atom stereocenters. The Morgan fingerprint density at radius 2 is 1.92 bits per heavy atom. The van der Waals surface area contributed by atoms with Crippen molar-refractivity contribution in [3.63, 3.8) is 0 Å². The number of esters is 2. The van der Waals surface area contributed by atoms with E-state index in [1.807, 2.05) is 35.1 Å². The second-order valence-electron chi connectivity index (χ2n) is 11.0. The van der Waals surface area contributed by atoms with Crippen LogP contribution in [0.3, 0.4) is 0 Å². The Labute approximate surface area is 233 Å². The third kappa shape index (κ3) is 5.51. The van der Waals surface area contributed by atoms with Crippen LogP contribution in [-0.4, -0.2) is 50.1 Å². The molecule has 0 spiro atoms. The van der Waals surface area contributed by atoms with Gasteiger partial charge in [0.25, 0.3) is 0 Å². The fourth-order valence-electron chi connectivity index (χ4n) is 4.87. The first kappa shape index (κ1) is 27.1. The highest BCUT2D eigenvalue weighted by Gasteiger charge is 2.28. The highest BCUT2D eigenvalue weighted by atomic mass is 32.1. The minimum absolute atomic E-state index is 0.360. The number of nitrogens with zero attached hydrogens (tertiary/aromatic N) is 2. The van der Waals surface area contributed by atoms with E-state index < -0.39 is 20.0 Å². The van der Waals surface area contributed by atoms with Crippen LogP contribution in [0.25, 0.3) is 32.5 Å². The zero-order valence-electron chi connectivity index (χ0n) is 23.1. The van der Waals surface area contributed by atoms with Crippen molar-refractivity contribution in [3.8, 4) is 27.3 Å². The first-order valence-corrected chi connectivity index (χ1v) is 17.9. The molecule has 1 aliphatic heterocycles. The van der Waals surface area contributed by atoms with Gasteiger partial charge in [-0.1, -0.05) is 32.6 Å². The quantitative estimate of drug-likeness (QED) is 0.169. The molecule has 0 N–H and O–H groups in total. The van der Waals surface area contributed by atoms with E-state index in [0.717, 1.165) is 35.9 Å². The maximum Gasteiger partial charge on any atom is 0.339 e. The average molecular weight is 563 g/mol.